The average Bonchev–Trinajstić information content (AvgIpc) is 3.12. The van der Waals surface area contributed by atoms with Gasteiger partial charge in [-0.05, 0) is 38.1 Å². The molecule has 1 amide bonds. The second-order valence-corrected chi connectivity index (χ2v) is 5.69. The van der Waals surface area contributed by atoms with Gasteiger partial charge in [-0.15, -0.1) is 0 Å². The molecule has 6 nitrogen and oxygen atoms in total. The Kier molecular flexibility index (Phi) is 4.16. The van der Waals surface area contributed by atoms with Gasteiger partial charge in [-0.2, -0.15) is 10.2 Å². The average molecular weight is 330 g/mol. The van der Waals surface area contributed by atoms with E-state index < -0.39 is 0 Å². The summed E-state index contributed by atoms with van der Waals surface area (Å²) in [6, 6.07) is 7.44. The van der Waals surface area contributed by atoms with E-state index in [1.807, 2.05) is 42.8 Å². The van der Waals surface area contributed by atoms with Crippen molar-refractivity contribution in [1.29, 1.82) is 0 Å². The molecule has 0 radical (unpaired) electrons. The fourth-order valence-corrected chi connectivity index (χ4v) is 2.58. The molecule has 0 aliphatic carbocycles. The van der Waals surface area contributed by atoms with E-state index >= 15 is 0 Å². The largest absolute Gasteiger partial charge is 0.323 e. The third kappa shape index (κ3) is 3.27. The zero-order chi connectivity index (χ0) is 16.4. The summed E-state index contributed by atoms with van der Waals surface area (Å²) in [6.45, 7) is 3.86. The van der Waals surface area contributed by atoms with E-state index in [1.165, 1.54) is 0 Å². The van der Waals surface area contributed by atoms with Crippen LogP contribution >= 0.6 is 11.6 Å². The van der Waals surface area contributed by atoms with Crippen LogP contribution in [-0.4, -0.2) is 25.9 Å². The Hall–Kier alpha value is -2.60. The van der Waals surface area contributed by atoms with Crippen molar-refractivity contribution in [3.05, 3.63) is 58.6 Å². The third-order valence-electron chi connectivity index (χ3n) is 3.63. The number of hydrogen-bond donors (Lipinski definition) is 2. The van der Waals surface area contributed by atoms with Gasteiger partial charge in [-0.25, -0.2) is 4.68 Å². The molecule has 0 saturated carbocycles. The summed E-state index contributed by atoms with van der Waals surface area (Å²) in [5.74, 6) is -0.103. The van der Waals surface area contributed by atoms with Gasteiger partial charge in [0.1, 0.15) is 0 Å². The zero-order valence-electron chi connectivity index (χ0n) is 12.8. The van der Waals surface area contributed by atoms with Crippen LogP contribution in [0.15, 0.2) is 36.7 Å². The van der Waals surface area contributed by atoms with E-state index in [4.69, 9.17) is 11.6 Å². The highest BCUT2D eigenvalue weighted by Crippen LogP contribution is 2.20. The number of aromatic nitrogens is 4. The van der Waals surface area contributed by atoms with E-state index in [0.717, 1.165) is 22.6 Å². The van der Waals surface area contributed by atoms with Crippen LogP contribution in [0.3, 0.4) is 0 Å². The number of carbonyl (C=O) groups excluding carboxylic acids is 1. The Bertz CT molecular complexity index is 821. The summed E-state index contributed by atoms with van der Waals surface area (Å²) in [7, 11) is 0. The van der Waals surface area contributed by atoms with Crippen molar-refractivity contribution in [2.45, 2.75) is 20.3 Å². The number of anilines is 1. The van der Waals surface area contributed by atoms with Crippen LogP contribution in [0.25, 0.3) is 5.69 Å². The molecule has 118 valence electrons. The Morgan fingerprint density at radius 1 is 1.30 bits per heavy atom. The van der Waals surface area contributed by atoms with E-state index in [2.05, 4.69) is 20.6 Å². The number of carbonyl (C=O) groups is 1. The van der Waals surface area contributed by atoms with Gasteiger partial charge in [0.25, 0.3) is 0 Å². The van der Waals surface area contributed by atoms with Crippen LogP contribution in [-0.2, 0) is 11.2 Å². The highest BCUT2D eigenvalue weighted by Gasteiger charge is 2.16. The molecule has 0 atom stereocenters. The maximum Gasteiger partial charge on any atom is 0.229 e. The van der Waals surface area contributed by atoms with Crippen LogP contribution < -0.4 is 5.32 Å². The molecule has 2 N–H and O–H groups in total. The number of nitrogens with one attached hydrogen (secondary N) is 2. The number of amides is 1. The molecule has 0 bridgehead atoms. The molecule has 0 aliphatic heterocycles. The number of benzene rings is 1. The molecule has 0 fully saturated rings. The van der Waals surface area contributed by atoms with Crippen molar-refractivity contribution in [3.63, 3.8) is 0 Å². The van der Waals surface area contributed by atoms with Crippen LogP contribution in [0.5, 0.6) is 0 Å². The van der Waals surface area contributed by atoms with Crippen LogP contribution in [0.2, 0.25) is 5.02 Å². The molecule has 1 aromatic carbocycles. The zero-order valence-corrected chi connectivity index (χ0v) is 13.6. The normalized spacial score (nSPS) is 10.7. The van der Waals surface area contributed by atoms with Gasteiger partial charge in [0.05, 0.1) is 29.7 Å². The van der Waals surface area contributed by atoms with Crippen molar-refractivity contribution >= 4 is 23.2 Å². The number of hydrogen-bond acceptors (Lipinski definition) is 3. The van der Waals surface area contributed by atoms with Crippen LogP contribution in [0, 0.1) is 13.8 Å². The second-order valence-electron chi connectivity index (χ2n) is 5.25. The van der Waals surface area contributed by atoms with E-state index in [9.17, 15) is 4.79 Å². The lowest BCUT2D eigenvalue weighted by atomic mass is 10.1. The number of rotatable bonds is 4. The minimum Gasteiger partial charge on any atom is -0.323 e. The molecule has 23 heavy (non-hydrogen) atoms. The SMILES string of the molecule is Cc1nn(-c2ccc(Cl)cc2)c(C)c1CC(=O)Nc1cn[nH]c1. The molecular weight excluding hydrogens is 314 g/mol. The lowest BCUT2D eigenvalue weighted by Gasteiger charge is -2.06. The summed E-state index contributed by atoms with van der Waals surface area (Å²) in [4.78, 5) is 12.2. The highest BCUT2D eigenvalue weighted by atomic mass is 35.5. The van der Waals surface area contributed by atoms with E-state index in [-0.39, 0.29) is 12.3 Å². The molecule has 0 aliphatic rings. The van der Waals surface area contributed by atoms with Gasteiger partial charge in [-0.1, -0.05) is 11.6 Å². The quantitative estimate of drug-likeness (QED) is 0.772. The maximum atomic E-state index is 12.2. The highest BCUT2D eigenvalue weighted by molar-refractivity contribution is 6.30. The van der Waals surface area contributed by atoms with Gasteiger partial charge in [0.2, 0.25) is 5.91 Å². The van der Waals surface area contributed by atoms with E-state index in [0.29, 0.717) is 10.7 Å². The molecular formula is C16H16ClN5O. The first-order valence-corrected chi connectivity index (χ1v) is 7.52. The van der Waals surface area contributed by atoms with E-state index in [1.54, 1.807) is 12.4 Å². The predicted octanol–water partition coefficient (Wildman–Crippen LogP) is 3.05. The fraction of sp³-hybridized carbons (Fsp3) is 0.188. The van der Waals surface area contributed by atoms with Gasteiger partial charge in [0.15, 0.2) is 0 Å². The van der Waals surface area contributed by atoms with Gasteiger partial charge in [0, 0.05) is 22.5 Å². The Morgan fingerprint density at radius 3 is 2.70 bits per heavy atom. The van der Waals surface area contributed by atoms with Gasteiger partial charge >= 0.3 is 0 Å². The molecule has 3 aromatic rings. The molecule has 3 rings (SSSR count). The molecule has 2 aromatic heterocycles. The number of H-pyrrole nitrogens is 1. The maximum absolute atomic E-state index is 12.2. The first-order valence-electron chi connectivity index (χ1n) is 7.14. The minimum absolute atomic E-state index is 0.103. The minimum atomic E-state index is -0.103. The number of aromatic amines is 1. The third-order valence-corrected chi connectivity index (χ3v) is 3.88. The monoisotopic (exact) mass is 329 g/mol. The standard InChI is InChI=1S/C16H16ClN5O/c1-10-15(7-16(23)20-13-8-18-19-9-13)11(2)22(21-10)14-5-3-12(17)4-6-14/h3-6,8-9H,7H2,1-2H3,(H,18,19)(H,20,23). The summed E-state index contributed by atoms with van der Waals surface area (Å²) < 4.78 is 1.83. The number of aryl methyl sites for hydroxylation is 1. The fourth-order valence-electron chi connectivity index (χ4n) is 2.45. The molecule has 2 heterocycles. The van der Waals surface area contributed by atoms with Crippen molar-refractivity contribution < 1.29 is 4.79 Å². The Morgan fingerprint density at radius 2 is 2.04 bits per heavy atom. The Balaban J connectivity index is 1.83. The first kappa shape index (κ1) is 15.3. The first-order chi connectivity index (χ1) is 11.0. The summed E-state index contributed by atoms with van der Waals surface area (Å²) in [6.07, 6.45) is 3.46. The van der Waals surface area contributed by atoms with Crippen molar-refractivity contribution in [2.24, 2.45) is 0 Å². The van der Waals surface area contributed by atoms with Crippen molar-refractivity contribution in [2.75, 3.05) is 5.32 Å². The molecule has 0 spiro atoms. The van der Waals surface area contributed by atoms with Crippen molar-refractivity contribution in [1.82, 2.24) is 20.0 Å². The van der Waals surface area contributed by atoms with Crippen LogP contribution in [0.4, 0.5) is 5.69 Å². The number of halogens is 1. The smallest absolute Gasteiger partial charge is 0.229 e. The second kappa shape index (κ2) is 6.26. The lowest BCUT2D eigenvalue weighted by Crippen LogP contribution is -2.15. The molecule has 7 heteroatoms. The predicted molar refractivity (Wildman–Crippen MR) is 89.0 cm³/mol. The molecule has 0 unspecified atom stereocenters. The Labute approximate surface area is 138 Å². The number of nitrogens with zero attached hydrogens (tertiary/aromatic N) is 3. The summed E-state index contributed by atoms with van der Waals surface area (Å²) in [5.41, 5.74) is 4.25. The van der Waals surface area contributed by atoms with Gasteiger partial charge < -0.3 is 5.32 Å². The summed E-state index contributed by atoms with van der Waals surface area (Å²) >= 11 is 5.92. The lowest BCUT2D eigenvalue weighted by molar-refractivity contribution is -0.115. The summed E-state index contributed by atoms with van der Waals surface area (Å²) in [5, 5.41) is 14.5. The van der Waals surface area contributed by atoms with Crippen molar-refractivity contribution in [3.8, 4) is 5.69 Å². The molecule has 0 saturated heterocycles. The van der Waals surface area contributed by atoms with Crippen LogP contribution in [0.1, 0.15) is 17.0 Å². The topological polar surface area (TPSA) is 75.6 Å². The van der Waals surface area contributed by atoms with Gasteiger partial charge in [-0.3, -0.25) is 9.89 Å².